The highest BCUT2D eigenvalue weighted by atomic mass is 32.1. The number of nitrogens with zero attached hydrogens (tertiary/aromatic N) is 1. The van der Waals surface area contributed by atoms with E-state index in [9.17, 15) is 22.8 Å². The van der Waals surface area contributed by atoms with Crippen LogP contribution in [0.1, 0.15) is 25.7 Å². The molecule has 2 aromatic heterocycles. The second-order valence-corrected chi connectivity index (χ2v) is 5.95. The van der Waals surface area contributed by atoms with Crippen molar-refractivity contribution >= 4 is 34.9 Å². The molecule has 0 aliphatic rings. The van der Waals surface area contributed by atoms with Crippen LogP contribution in [-0.4, -0.2) is 16.8 Å². The fourth-order valence-corrected chi connectivity index (χ4v) is 2.59. The monoisotopic (exact) mass is 381 g/mol. The molecule has 2 heterocycles. The first kappa shape index (κ1) is 17.7. The first-order chi connectivity index (χ1) is 12.3. The van der Waals surface area contributed by atoms with E-state index in [1.807, 2.05) is 0 Å². The molecule has 3 rings (SSSR count). The van der Waals surface area contributed by atoms with Crippen LogP contribution in [0.2, 0.25) is 0 Å². The molecule has 0 saturated carbocycles. The largest absolute Gasteiger partial charge is 0.431 e. The first-order valence-electron chi connectivity index (χ1n) is 7.12. The quantitative estimate of drug-likeness (QED) is 0.707. The van der Waals surface area contributed by atoms with Gasteiger partial charge in [-0.2, -0.15) is 18.2 Å². The zero-order chi connectivity index (χ0) is 18.7. The summed E-state index contributed by atoms with van der Waals surface area (Å²) in [6, 6.07) is 7.28. The SMILES string of the molecule is O=C(Nc1cccc(C(F)(F)F)c1)c1coc(NC(=O)c2cccs2)n1. The molecule has 0 radical (unpaired) electrons. The number of anilines is 2. The molecule has 0 bridgehead atoms. The van der Waals surface area contributed by atoms with Crippen molar-refractivity contribution in [3.05, 3.63) is 64.2 Å². The second-order valence-electron chi connectivity index (χ2n) is 5.00. The Hall–Kier alpha value is -3.14. The Morgan fingerprint density at radius 2 is 1.88 bits per heavy atom. The predicted octanol–water partition coefficient (Wildman–Crippen LogP) is 4.26. The second kappa shape index (κ2) is 7.00. The smallest absolute Gasteiger partial charge is 0.416 e. The molecule has 2 amide bonds. The predicted molar refractivity (Wildman–Crippen MR) is 88.2 cm³/mol. The molecule has 0 aliphatic carbocycles. The van der Waals surface area contributed by atoms with E-state index in [0.29, 0.717) is 4.88 Å². The van der Waals surface area contributed by atoms with Gasteiger partial charge < -0.3 is 9.73 Å². The molecule has 3 aromatic rings. The molecule has 1 aromatic carbocycles. The molecular formula is C16H10F3N3O3S. The van der Waals surface area contributed by atoms with Gasteiger partial charge in [0, 0.05) is 5.69 Å². The maximum Gasteiger partial charge on any atom is 0.416 e. The van der Waals surface area contributed by atoms with Crippen LogP contribution >= 0.6 is 11.3 Å². The fourth-order valence-electron chi connectivity index (χ4n) is 1.97. The van der Waals surface area contributed by atoms with Crippen molar-refractivity contribution in [1.29, 1.82) is 0 Å². The summed E-state index contributed by atoms with van der Waals surface area (Å²) in [6.45, 7) is 0. The van der Waals surface area contributed by atoms with Crippen molar-refractivity contribution in [2.75, 3.05) is 10.6 Å². The highest BCUT2D eigenvalue weighted by Gasteiger charge is 2.30. The summed E-state index contributed by atoms with van der Waals surface area (Å²) in [5, 5.41) is 6.39. The number of thiophene rings is 1. The van der Waals surface area contributed by atoms with Crippen LogP contribution in [0.4, 0.5) is 24.9 Å². The van der Waals surface area contributed by atoms with Gasteiger partial charge in [0.15, 0.2) is 5.69 Å². The number of carbonyl (C=O) groups excluding carboxylic acids is 2. The van der Waals surface area contributed by atoms with Crippen LogP contribution < -0.4 is 10.6 Å². The van der Waals surface area contributed by atoms with Crippen molar-refractivity contribution in [2.24, 2.45) is 0 Å². The van der Waals surface area contributed by atoms with E-state index in [1.165, 1.54) is 23.5 Å². The van der Waals surface area contributed by atoms with Gasteiger partial charge in [-0.25, -0.2) is 0 Å². The standard InChI is InChI=1S/C16H10F3N3O3S/c17-16(18,19)9-3-1-4-10(7-9)20-13(23)11-8-25-15(21-11)22-14(24)12-5-2-6-26-12/h1-8H,(H,20,23)(H,21,22,24). The lowest BCUT2D eigenvalue weighted by molar-refractivity contribution is -0.137. The fraction of sp³-hybridized carbons (Fsp3) is 0.0625. The lowest BCUT2D eigenvalue weighted by Crippen LogP contribution is -2.14. The Bertz CT molecular complexity index is 936. The normalized spacial score (nSPS) is 11.2. The minimum Gasteiger partial charge on any atom is -0.431 e. The molecule has 0 unspecified atom stereocenters. The summed E-state index contributed by atoms with van der Waals surface area (Å²) in [5.41, 5.74) is -1.12. The number of nitrogens with one attached hydrogen (secondary N) is 2. The third-order valence-corrected chi connectivity index (χ3v) is 4.02. The van der Waals surface area contributed by atoms with E-state index in [2.05, 4.69) is 15.6 Å². The van der Waals surface area contributed by atoms with E-state index in [4.69, 9.17) is 4.42 Å². The Morgan fingerprint density at radius 3 is 2.58 bits per heavy atom. The summed E-state index contributed by atoms with van der Waals surface area (Å²) in [4.78, 5) is 28.2. The third kappa shape index (κ3) is 4.09. The van der Waals surface area contributed by atoms with E-state index >= 15 is 0 Å². The van der Waals surface area contributed by atoms with Gasteiger partial charge in [0.05, 0.1) is 10.4 Å². The highest BCUT2D eigenvalue weighted by Crippen LogP contribution is 2.30. The lowest BCUT2D eigenvalue weighted by atomic mass is 10.2. The number of carbonyl (C=O) groups is 2. The highest BCUT2D eigenvalue weighted by molar-refractivity contribution is 7.12. The molecule has 0 saturated heterocycles. The van der Waals surface area contributed by atoms with Crippen LogP contribution in [0.3, 0.4) is 0 Å². The van der Waals surface area contributed by atoms with E-state index in [0.717, 1.165) is 18.4 Å². The van der Waals surface area contributed by atoms with Crippen molar-refractivity contribution < 1.29 is 27.2 Å². The van der Waals surface area contributed by atoms with Gasteiger partial charge in [0.2, 0.25) is 0 Å². The number of amides is 2. The zero-order valence-electron chi connectivity index (χ0n) is 12.8. The number of hydrogen-bond acceptors (Lipinski definition) is 5. The molecular weight excluding hydrogens is 371 g/mol. The maximum atomic E-state index is 12.7. The zero-order valence-corrected chi connectivity index (χ0v) is 13.6. The first-order valence-corrected chi connectivity index (χ1v) is 8.00. The van der Waals surface area contributed by atoms with E-state index in [-0.39, 0.29) is 17.4 Å². The Labute approximate surface area is 148 Å². The number of oxazole rings is 1. The average Bonchev–Trinajstić information content (AvgIpc) is 3.26. The van der Waals surface area contributed by atoms with Crippen LogP contribution in [0, 0.1) is 0 Å². The number of aromatic nitrogens is 1. The minimum atomic E-state index is -4.52. The summed E-state index contributed by atoms with van der Waals surface area (Å²) < 4.78 is 43.1. The summed E-state index contributed by atoms with van der Waals surface area (Å²) >= 11 is 1.22. The Balaban J connectivity index is 1.68. The number of rotatable bonds is 4. The van der Waals surface area contributed by atoms with Gasteiger partial charge >= 0.3 is 12.2 Å². The summed E-state index contributed by atoms with van der Waals surface area (Å²) in [5.74, 6) is -1.23. The van der Waals surface area contributed by atoms with E-state index in [1.54, 1.807) is 17.5 Å². The van der Waals surface area contributed by atoms with Gasteiger partial charge in [-0.15, -0.1) is 11.3 Å². The molecule has 0 aliphatic heterocycles. The number of hydrogen-bond donors (Lipinski definition) is 2. The molecule has 6 nitrogen and oxygen atoms in total. The van der Waals surface area contributed by atoms with Gasteiger partial charge in [0.25, 0.3) is 11.8 Å². The average molecular weight is 381 g/mol. The number of halogens is 3. The van der Waals surface area contributed by atoms with Crippen molar-refractivity contribution in [3.63, 3.8) is 0 Å². The molecule has 10 heteroatoms. The van der Waals surface area contributed by atoms with Gasteiger partial charge in [0.1, 0.15) is 6.26 Å². The van der Waals surface area contributed by atoms with Crippen molar-refractivity contribution in [1.82, 2.24) is 4.98 Å². The molecule has 0 atom stereocenters. The molecule has 2 N–H and O–H groups in total. The minimum absolute atomic E-state index is 0.0444. The Morgan fingerprint density at radius 1 is 1.08 bits per heavy atom. The number of benzene rings is 1. The molecule has 134 valence electrons. The van der Waals surface area contributed by atoms with Crippen LogP contribution in [0.25, 0.3) is 0 Å². The molecule has 0 fully saturated rings. The van der Waals surface area contributed by atoms with Crippen molar-refractivity contribution in [2.45, 2.75) is 6.18 Å². The lowest BCUT2D eigenvalue weighted by Gasteiger charge is -2.08. The van der Waals surface area contributed by atoms with Crippen LogP contribution in [0.5, 0.6) is 0 Å². The van der Waals surface area contributed by atoms with Gasteiger partial charge in [-0.1, -0.05) is 12.1 Å². The van der Waals surface area contributed by atoms with Gasteiger partial charge in [-0.05, 0) is 29.6 Å². The third-order valence-electron chi connectivity index (χ3n) is 3.15. The molecule has 26 heavy (non-hydrogen) atoms. The summed E-state index contributed by atoms with van der Waals surface area (Å²) in [7, 11) is 0. The Kier molecular flexibility index (Phi) is 4.76. The topological polar surface area (TPSA) is 84.2 Å². The maximum absolute atomic E-state index is 12.7. The van der Waals surface area contributed by atoms with Crippen molar-refractivity contribution in [3.8, 4) is 0 Å². The van der Waals surface area contributed by atoms with Crippen LogP contribution in [0.15, 0.2) is 52.5 Å². The molecule has 0 spiro atoms. The van der Waals surface area contributed by atoms with E-state index < -0.39 is 23.6 Å². The number of alkyl halides is 3. The summed E-state index contributed by atoms with van der Waals surface area (Å²) in [6.07, 6.45) is -3.53. The van der Waals surface area contributed by atoms with Crippen LogP contribution in [-0.2, 0) is 6.18 Å². The van der Waals surface area contributed by atoms with Gasteiger partial charge in [-0.3, -0.25) is 14.9 Å².